The van der Waals surface area contributed by atoms with Crippen LogP contribution in [0.3, 0.4) is 0 Å². The number of hydrogen-bond donors (Lipinski definition) is 2. The Morgan fingerprint density at radius 2 is 1.87 bits per heavy atom. The van der Waals surface area contributed by atoms with E-state index in [0.717, 1.165) is 17.4 Å². The Morgan fingerprint density at radius 1 is 1.22 bits per heavy atom. The zero-order valence-electron chi connectivity index (χ0n) is 12.0. The summed E-state index contributed by atoms with van der Waals surface area (Å²) in [5.74, 6) is -0.659. The fourth-order valence-corrected chi connectivity index (χ4v) is 4.16. The molecule has 2 aromatic rings. The summed E-state index contributed by atoms with van der Waals surface area (Å²) >= 11 is 6.79. The van der Waals surface area contributed by atoms with E-state index in [1.54, 1.807) is 0 Å². The van der Waals surface area contributed by atoms with Crippen LogP contribution in [0, 0.1) is 0 Å². The number of carboxylic acids is 1. The predicted molar refractivity (Wildman–Crippen MR) is 86.6 cm³/mol. The van der Waals surface area contributed by atoms with Crippen molar-refractivity contribution in [2.45, 2.75) is 4.21 Å². The summed E-state index contributed by atoms with van der Waals surface area (Å²) in [6.07, 6.45) is 0. The first-order valence-corrected chi connectivity index (χ1v) is 8.78. The molecule has 0 radical (unpaired) electrons. The number of methoxy groups -OCH3 is 2. The van der Waals surface area contributed by atoms with Gasteiger partial charge in [-0.25, -0.2) is 13.2 Å². The minimum Gasteiger partial charge on any atom is -0.495 e. The molecule has 23 heavy (non-hydrogen) atoms. The fraction of sp³-hybridized carbons (Fsp3) is 0.154. The van der Waals surface area contributed by atoms with Crippen molar-refractivity contribution in [1.82, 2.24) is 0 Å². The van der Waals surface area contributed by atoms with Crippen LogP contribution in [0.5, 0.6) is 11.5 Å². The van der Waals surface area contributed by atoms with Gasteiger partial charge in [-0.2, -0.15) is 0 Å². The van der Waals surface area contributed by atoms with E-state index in [1.807, 2.05) is 0 Å². The van der Waals surface area contributed by atoms with Crippen LogP contribution in [-0.4, -0.2) is 33.7 Å². The van der Waals surface area contributed by atoms with Crippen LogP contribution < -0.4 is 14.2 Å². The first kappa shape index (κ1) is 17.4. The Balaban J connectivity index is 2.40. The molecule has 0 saturated carbocycles. The number of rotatable bonds is 6. The van der Waals surface area contributed by atoms with Gasteiger partial charge in [-0.05, 0) is 12.1 Å². The average Bonchev–Trinajstić information content (AvgIpc) is 2.98. The summed E-state index contributed by atoms with van der Waals surface area (Å²) in [6, 6.07) is 3.87. The Bertz CT molecular complexity index is 846. The van der Waals surface area contributed by atoms with Crippen molar-refractivity contribution in [2.24, 2.45) is 0 Å². The summed E-state index contributed by atoms with van der Waals surface area (Å²) in [7, 11) is -1.18. The maximum absolute atomic E-state index is 12.3. The van der Waals surface area contributed by atoms with E-state index in [4.69, 9.17) is 26.2 Å². The number of benzene rings is 1. The third-order valence-electron chi connectivity index (χ3n) is 2.81. The summed E-state index contributed by atoms with van der Waals surface area (Å²) in [4.78, 5) is 10.9. The lowest BCUT2D eigenvalue weighted by Gasteiger charge is -2.13. The number of sulfonamides is 1. The van der Waals surface area contributed by atoms with Crippen LogP contribution in [0.4, 0.5) is 5.69 Å². The smallest absolute Gasteiger partial charge is 0.336 e. The summed E-state index contributed by atoms with van der Waals surface area (Å²) < 4.78 is 37.0. The Hall–Kier alpha value is -1.97. The number of nitrogens with one attached hydrogen (secondary N) is 1. The van der Waals surface area contributed by atoms with Crippen molar-refractivity contribution in [2.75, 3.05) is 18.9 Å². The molecule has 0 aliphatic rings. The number of aromatic carboxylic acids is 1. The number of carboxylic acid groups (broad SMARTS) is 1. The molecule has 0 aliphatic heterocycles. The first-order chi connectivity index (χ1) is 10.8. The van der Waals surface area contributed by atoms with Crippen molar-refractivity contribution >= 4 is 44.6 Å². The molecule has 0 aliphatic carbocycles. The van der Waals surface area contributed by atoms with Gasteiger partial charge in [-0.1, -0.05) is 11.6 Å². The number of anilines is 1. The van der Waals surface area contributed by atoms with Gasteiger partial charge < -0.3 is 14.6 Å². The van der Waals surface area contributed by atoms with E-state index in [-0.39, 0.29) is 26.2 Å². The molecule has 0 amide bonds. The van der Waals surface area contributed by atoms with E-state index in [1.165, 1.54) is 31.7 Å². The molecule has 0 spiro atoms. The highest BCUT2D eigenvalue weighted by molar-refractivity contribution is 7.94. The van der Waals surface area contributed by atoms with Crippen LogP contribution in [0.2, 0.25) is 5.02 Å². The predicted octanol–water partition coefficient (Wildman–Crippen LogP) is 2.92. The van der Waals surface area contributed by atoms with Gasteiger partial charge in [0.05, 0.1) is 30.5 Å². The van der Waals surface area contributed by atoms with E-state index < -0.39 is 16.0 Å². The molecule has 0 saturated heterocycles. The van der Waals surface area contributed by atoms with E-state index >= 15 is 0 Å². The van der Waals surface area contributed by atoms with Crippen LogP contribution in [-0.2, 0) is 10.0 Å². The monoisotopic (exact) mass is 377 g/mol. The maximum atomic E-state index is 12.3. The van der Waals surface area contributed by atoms with Gasteiger partial charge in [0.2, 0.25) is 0 Å². The lowest BCUT2D eigenvalue weighted by atomic mass is 10.3. The lowest BCUT2D eigenvalue weighted by molar-refractivity contribution is 0.0697. The number of thiophene rings is 1. The second-order valence-corrected chi connectivity index (χ2v) is 7.48. The standard InChI is InChI=1S/C13H12ClNO6S2/c1-20-10-5-11(21-2)9(4-8(10)14)15-23(18,19)12-3-7(6-22-12)13(16)17/h3-6,15H,1-2H3,(H,16,17). The van der Waals surface area contributed by atoms with Crippen LogP contribution >= 0.6 is 22.9 Å². The van der Waals surface area contributed by atoms with Gasteiger partial charge >= 0.3 is 5.97 Å². The normalized spacial score (nSPS) is 11.1. The molecule has 1 aromatic heterocycles. The highest BCUT2D eigenvalue weighted by atomic mass is 35.5. The van der Waals surface area contributed by atoms with Gasteiger partial charge in [-0.3, -0.25) is 4.72 Å². The topological polar surface area (TPSA) is 102 Å². The molecular weight excluding hydrogens is 366 g/mol. The molecule has 2 rings (SSSR count). The highest BCUT2D eigenvalue weighted by Gasteiger charge is 2.21. The summed E-state index contributed by atoms with van der Waals surface area (Å²) in [5.41, 5.74) is 0.0127. The van der Waals surface area contributed by atoms with Crippen molar-refractivity contribution in [3.8, 4) is 11.5 Å². The number of halogens is 1. The van der Waals surface area contributed by atoms with Crippen LogP contribution in [0.25, 0.3) is 0 Å². The Morgan fingerprint density at radius 3 is 2.39 bits per heavy atom. The largest absolute Gasteiger partial charge is 0.495 e. The van der Waals surface area contributed by atoms with Gasteiger partial charge in [0.1, 0.15) is 15.7 Å². The number of ether oxygens (including phenoxy) is 2. The maximum Gasteiger partial charge on any atom is 0.336 e. The SMILES string of the molecule is COc1cc(OC)c(NS(=O)(=O)c2cc(C(=O)O)cs2)cc1Cl. The third-order valence-corrected chi connectivity index (χ3v) is 5.91. The zero-order valence-corrected chi connectivity index (χ0v) is 14.4. The van der Waals surface area contributed by atoms with Gasteiger partial charge in [0.25, 0.3) is 10.0 Å². The fourth-order valence-electron chi connectivity index (χ4n) is 1.70. The summed E-state index contributed by atoms with van der Waals surface area (Å²) in [6.45, 7) is 0. The van der Waals surface area contributed by atoms with Crippen molar-refractivity contribution in [1.29, 1.82) is 0 Å². The lowest BCUT2D eigenvalue weighted by Crippen LogP contribution is -2.12. The Kier molecular flexibility index (Phi) is 5.03. The quantitative estimate of drug-likeness (QED) is 0.802. The Labute approximate surface area is 141 Å². The second-order valence-electron chi connectivity index (χ2n) is 4.25. The van der Waals surface area contributed by atoms with E-state index in [2.05, 4.69) is 4.72 Å². The first-order valence-electron chi connectivity index (χ1n) is 6.04. The molecule has 7 nitrogen and oxygen atoms in total. The zero-order chi connectivity index (χ0) is 17.2. The van der Waals surface area contributed by atoms with E-state index in [9.17, 15) is 13.2 Å². The molecular formula is C13H12ClNO6S2. The molecule has 10 heteroatoms. The third kappa shape index (κ3) is 3.69. The molecule has 1 heterocycles. The van der Waals surface area contributed by atoms with Gasteiger partial charge in [-0.15, -0.1) is 11.3 Å². The minimum atomic E-state index is -3.97. The average molecular weight is 378 g/mol. The highest BCUT2D eigenvalue weighted by Crippen LogP contribution is 2.37. The molecule has 2 N–H and O–H groups in total. The van der Waals surface area contributed by atoms with Crippen molar-refractivity contribution in [3.05, 3.63) is 34.2 Å². The molecule has 1 aromatic carbocycles. The van der Waals surface area contributed by atoms with Crippen molar-refractivity contribution in [3.63, 3.8) is 0 Å². The molecule has 0 bridgehead atoms. The second kappa shape index (κ2) is 6.65. The van der Waals surface area contributed by atoms with Crippen LogP contribution in [0.1, 0.15) is 10.4 Å². The molecule has 0 unspecified atom stereocenters. The number of carbonyl (C=O) groups is 1. The minimum absolute atomic E-state index is 0.102. The van der Waals surface area contributed by atoms with Gasteiger partial charge in [0.15, 0.2) is 0 Å². The van der Waals surface area contributed by atoms with E-state index in [0.29, 0.717) is 5.75 Å². The summed E-state index contributed by atoms with van der Waals surface area (Å²) in [5, 5.41) is 10.3. The van der Waals surface area contributed by atoms with Gasteiger partial charge in [0, 0.05) is 11.4 Å². The molecule has 0 atom stereocenters. The molecule has 0 fully saturated rings. The molecule has 124 valence electrons. The van der Waals surface area contributed by atoms with Crippen LogP contribution in [0.15, 0.2) is 27.8 Å². The van der Waals surface area contributed by atoms with Crippen molar-refractivity contribution < 1.29 is 27.8 Å². The number of hydrogen-bond acceptors (Lipinski definition) is 6.